The highest BCUT2D eigenvalue weighted by molar-refractivity contribution is 9.10. The number of halogens is 1. The van der Waals surface area contributed by atoms with Crippen LogP contribution in [0.25, 0.3) is 0 Å². The lowest BCUT2D eigenvalue weighted by atomic mass is 10.2. The molecule has 5 nitrogen and oxygen atoms in total. The summed E-state index contributed by atoms with van der Waals surface area (Å²) < 4.78 is 33.1. The standard InChI is InChI=1S/C13H20BrNO4S/c1-2-19-12-7-6-11(14)10-13(12)20(17,18)15-8-4-3-5-9-16/h6-7,10,15-16H,2-5,8-9H2,1H3. The van der Waals surface area contributed by atoms with Crippen molar-refractivity contribution in [3.63, 3.8) is 0 Å². The lowest BCUT2D eigenvalue weighted by Crippen LogP contribution is -2.25. The minimum absolute atomic E-state index is 0.132. The van der Waals surface area contributed by atoms with E-state index in [0.717, 1.165) is 6.42 Å². The quantitative estimate of drug-likeness (QED) is 0.658. The molecule has 1 rings (SSSR count). The number of benzene rings is 1. The molecule has 0 aliphatic heterocycles. The van der Waals surface area contributed by atoms with Gasteiger partial charge in [0, 0.05) is 17.6 Å². The minimum Gasteiger partial charge on any atom is -0.492 e. The molecule has 0 spiro atoms. The number of hydrogen-bond donors (Lipinski definition) is 2. The molecule has 1 aromatic rings. The average molecular weight is 366 g/mol. The van der Waals surface area contributed by atoms with E-state index in [-0.39, 0.29) is 11.5 Å². The van der Waals surface area contributed by atoms with Gasteiger partial charge in [-0.15, -0.1) is 0 Å². The molecule has 0 aliphatic rings. The maximum absolute atomic E-state index is 12.3. The van der Waals surface area contributed by atoms with Crippen LogP contribution in [-0.4, -0.2) is 33.3 Å². The summed E-state index contributed by atoms with van der Waals surface area (Å²) in [5, 5.41) is 8.67. The van der Waals surface area contributed by atoms with Crippen LogP contribution in [0.1, 0.15) is 26.2 Å². The summed E-state index contributed by atoms with van der Waals surface area (Å²) in [5.41, 5.74) is 0. The molecule has 0 heterocycles. The van der Waals surface area contributed by atoms with Crippen LogP contribution in [0.5, 0.6) is 5.75 Å². The highest BCUT2D eigenvalue weighted by Crippen LogP contribution is 2.27. The first-order chi connectivity index (χ1) is 9.51. The first kappa shape index (κ1) is 17.4. The molecule has 0 bridgehead atoms. The number of ether oxygens (including phenoxy) is 1. The van der Waals surface area contributed by atoms with Gasteiger partial charge in [0.1, 0.15) is 10.6 Å². The van der Waals surface area contributed by atoms with Gasteiger partial charge >= 0.3 is 0 Å². The molecule has 0 amide bonds. The van der Waals surface area contributed by atoms with Crippen molar-refractivity contribution in [3.05, 3.63) is 22.7 Å². The first-order valence-electron chi connectivity index (χ1n) is 6.54. The second-order valence-electron chi connectivity index (χ2n) is 4.21. The van der Waals surface area contributed by atoms with E-state index in [1.807, 2.05) is 0 Å². The molecule has 0 atom stereocenters. The smallest absolute Gasteiger partial charge is 0.244 e. The molecule has 0 radical (unpaired) electrons. The Hall–Kier alpha value is -0.630. The maximum Gasteiger partial charge on any atom is 0.244 e. The summed E-state index contributed by atoms with van der Waals surface area (Å²) in [6, 6.07) is 4.90. The molecule has 0 saturated heterocycles. The Bertz CT molecular complexity index is 519. The Morgan fingerprint density at radius 2 is 2.05 bits per heavy atom. The van der Waals surface area contributed by atoms with Crippen LogP contribution in [0.2, 0.25) is 0 Å². The van der Waals surface area contributed by atoms with Crippen molar-refractivity contribution in [1.29, 1.82) is 0 Å². The van der Waals surface area contributed by atoms with Crippen molar-refractivity contribution < 1.29 is 18.3 Å². The molecule has 114 valence electrons. The van der Waals surface area contributed by atoms with Gasteiger partial charge < -0.3 is 9.84 Å². The SMILES string of the molecule is CCOc1ccc(Br)cc1S(=O)(=O)NCCCCCO. The zero-order valence-corrected chi connectivity index (χ0v) is 13.8. The van der Waals surface area contributed by atoms with Gasteiger partial charge in [0.2, 0.25) is 10.0 Å². The van der Waals surface area contributed by atoms with Crippen molar-refractivity contribution in [3.8, 4) is 5.75 Å². The van der Waals surface area contributed by atoms with Crippen molar-refractivity contribution in [2.45, 2.75) is 31.1 Å². The Balaban J connectivity index is 2.77. The molecule has 0 aliphatic carbocycles. The number of sulfonamides is 1. The molecule has 0 saturated carbocycles. The lowest BCUT2D eigenvalue weighted by Gasteiger charge is -2.12. The maximum atomic E-state index is 12.3. The van der Waals surface area contributed by atoms with E-state index >= 15 is 0 Å². The van der Waals surface area contributed by atoms with Crippen LogP contribution in [-0.2, 0) is 10.0 Å². The fraction of sp³-hybridized carbons (Fsp3) is 0.538. The summed E-state index contributed by atoms with van der Waals surface area (Å²) in [4.78, 5) is 0.135. The summed E-state index contributed by atoms with van der Waals surface area (Å²) >= 11 is 3.27. The van der Waals surface area contributed by atoms with Crippen LogP contribution in [0, 0.1) is 0 Å². The van der Waals surface area contributed by atoms with E-state index < -0.39 is 10.0 Å². The van der Waals surface area contributed by atoms with E-state index in [4.69, 9.17) is 9.84 Å². The van der Waals surface area contributed by atoms with Crippen LogP contribution >= 0.6 is 15.9 Å². The Morgan fingerprint density at radius 1 is 1.30 bits per heavy atom. The Labute approximate surface area is 128 Å². The third-order valence-corrected chi connectivity index (χ3v) is 4.60. The zero-order chi connectivity index (χ0) is 15.0. The van der Waals surface area contributed by atoms with E-state index in [2.05, 4.69) is 20.7 Å². The van der Waals surface area contributed by atoms with Gasteiger partial charge in [-0.3, -0.25) is 0 Å². The Kier molecular flexibility index (Phi) is 7.50. The molecule has 0 unspecified atom stereocenters. The molecule has 20 heavy (non-hydrogen) atoms. The molecule has 7 heteroatoms. The summed E-state index contributed by atoms with van der Waals surface area (Å²) in [7, 11) is -3.59. The molecular weight excluding hydrogens is 346 g/mol. The predicted octanol–water partition coefficient (Wildman–Crippen LogP) is 2.29. The van der Waals surface area contributed by atoms with Crippen molar-refractivity contribution >= 4 is 26.0 Å². The number of nitrogens with one attached hydrogen (secondary N) is 1. The van der Waals surface area contributed by atoms with E-state index in [1.54, 1.807) is 19.1 Å². The average Bonchev–Trinajstić information content (AvgIpc) is 2.40. The van der Waals surface area contributed by atoms with E-state index in [1.165, 1.54) is 6.07 Å². The highest BCUT2D eigenvalue weighted by atomic mass is 79.9. The monoisotopic (exact) mass is 365 g/mol. The largest absolute Gasteiger partial charge is 0.492 e. The molecule has 0 fully saturated rings. The van der Waals surface area contributed by atoms with Crippen molar-refractivity contribution in [2.24, 2.45) is 0 Å². The second-order valence-corrected chi connectivity index (χ2v) is 6.86. The highest BCUT2D eigenvalue weighted by Gasteiger charge is 2.19. The lowest BCUT2D eigenvalue weighted by molar-refractivity contribution is 0.283. The molecule has 2 N–H and O–H groups in total. The third-order valence-electron chi connectivity index (χ3n) is 2.62. The van der Waals surface area contributed by atoms with Crippen molar-refractivity contribution in [1.82, 2.24) is 4.72 Å². The van der Waals surface area contributed by atoms with Gasteiger partial charge in [0.25, 0.3) is 0 Å². The number of aliphatic hydroxyl groups excluding tert-OH is 1. The van der Waals surface area contributed by atoms with Crippen LogP contribution < -0.4 is 9.46 Å². The summed E-state index contributed by atoms with van der Waals surface area (Å²) in [6.07, 6.45) is 2.16. The van der Waals surface area contributed by atoms with Crippen LogP contribution in [0.3, 0.4) is 0 Å². The van der Waals surface area contributed by atoms with Gasteiger partial charge in [-0.05, 0) is 44.4 Å². The molecule has 1 aromatic carbocycles. The normalized spacial score (nSPS) is 11.6. The van der Waals surface area contributed by atoms with Gasteiger partial charge in [0.05, 0.1) is 6.61 Å². The fourth-order valence-electron chi connectivity index (χ4n) is 1.66. The second kappa shape index (κ2) is 8.61. The summed E-state index contributed by atoms with van der Waals surface area (Å²) in [5.74, 6) is 0.346. The number of hydrogen-bond acceptors (Lipinski definition) is 4. The third kappa shape index (κ3) is 5.40. The molecular formula is C13H20BrNO4S. The predicted molar refractivity (Wildman–Crippen MR) is 81.4 cm³/mol. The zero-order valence-electron chi connectivity index (χ0n) is 11.4. The van der Waals surface area contributed by atoms with Gasteiger partial charge in [-0.25, -0.2) is 13.1 Å². The topological polar surface area (TPSA) is 75.6 Å². The van der Waals surface area contributed by atoms with Crippen LogP contribution in [0.15, 0.2) is 27.6 Å². The number of aliphatic hydroxyl groups is 1. The number of rotatable bonds is 9. The Morgan fingerprint density at radius 3 is 2.70 bits per heavy atom. The van der Waals surface area contributed by atoms with Crippen molar-refractivity contribution in [2.75, 3.05) is 19.8 Å². The van der Waals surface area contributed by atoms with Gasteiger partial charge in [0.15, 0.2) is 0 Å². The van der Waals surface area contributed by atoms with Gasteiger partial charge in [-0.2, -0.15) is 0 Å². The minimum atomic E-state index is -3.59. The fourth-order valence-corrected chi connectivity index (χ4v) is 3.42. The summed E-state index contributed by atoms with van der Waals surface area (Å²) in [6.45, 7) is 2.69. The first-order valence-corrected chi connectivity index (χ1v) is 8.81. The number of unbranched alkanes of at least 4 members (excludes halogenated alkanes) is 2. The van der Waals surface area contributed by atoms with E-state index in [0.29, 0.717) is 36.2 Å². The van der Waals surface area contributed by atoms with Gasteiger partial charge in [-0.1, -0.05) is 15.9 Å². The molecule has 0 aromatic heterocycles. The van der Waals surface area contributed by atoms with E-state index in [9.17, 15) is 8.42 Å². The van der Waals surface area contributed by atoms with Crippen LogP contribution in [0.4, 0.5) is 0 Å².